The molecule has 2 unspecified atom stereocenters. The van der Waals surface area contributed by atoms with Crippen molar-refractivity contribution in [2.45, 2.75) is 58.0 Å². The molecule has 1 heterocycles. The fourth-order valence-corrected chi connectivity index (χ4v) is 4.28. The number of benzene rings is 2. The molecule has 1 aliphatic heterocycles. The second kappa shape index (κ2) is 8.41. The summed E-state index contributed by atoms with van der Waals surface area (Å²) in [6, 6.07) is 15.2. The molecule has 0 bridgehead atoms. The van der Waals surface area contributed by atoms with E-state index in [0.717, 1.165) is 34.4 Å². The molecule has 2 N–H and O–H groups in total. The van der Waals surface area contributed by atoms with Crippen LogP contribution < -0.4 is 10.6 Å². The van der Waals surface area contributed by atoms with Crippen LogP contribution in [0.3, 0.4) is 0 Å². The van der Waals surface area contributed by atoms with Gasteiger partial charge in [0.15, 0.2) is 0 Å². The lowest BCUT2D eigenvalue weighted by molar-refractivity contribution is -0.135. The zero-order valence-corrected chi connectivity index (χ0v) is 19.1. The van der Waals surface area contributed by atoms with Crippen molar-refractivity contribution >= 4 is 17.8 Å². The van der Waals surface area contributed by atoms with Gasteiger partial charge in [-0.3, -0.25) is 14.5 Å². The Labute approximate surface area is 189 Å². The van der Waals surface area contributed by atoms with Crippen LogP contribution in [0.15, 0.2) is 48.5 Å². The van der Waals surface area contributed by atoms with E-state index in [-0.39, 0.29) is 18.5 Å². The molecule has 2 atom stereocenters. The lowest BCUT2D eigenvalue weighted by Gasteiger charge is -2.23. The number of hydrogen-bond acceptors (Lipinski definition) is 3. The lowest BCUT2D eigenvalue weighted by Crippen LogP contribution is -2.44. The molecule has 1 saturated carbocycles. The monoisotopic (exact) mass is 433 g/mol. The number of carbonyl (C=O) groups excluding carboxylic acids is 3. The third-order valence-corrected chi connectivity index (χ3v) is 6.58. The Balaban J connectivity index is 1.46. The summed E-state index contributed by atoms with van der Waals surface area (Å²) in [5.41, 5.74) is 2.90. The van der Waals surface area contributed by atoms with Crippen molar-refractivity contribution in [3.8, 4) is 0 Å². The topological polar surface area (TPSA) is 78.5 Å². The minimum Gasteiger partial charge on any atom is -0.347 e. The fraction of sp³-hybridized carbons (Fsp3) is 0.423. The first-order chi connectivity index (χ1) is 15.2. The number of hydrogen-bond donors (Lipinski definition) is 2. The van der Waals surface area contributed by atoms with E-state index in [4.69, 9.17) is 0 Å². The summed E-state index contributed by atoms with van der Waals surface area (Å²) in [6.07, 6.45) is 2.12. The number of amides is 4. The van der Waals surface area contributed by atoms with E-state index in [9.17, 15) is 14.4 Å². The molecule has 2 aromatic carbocycles. The van der Waals surface area contributed by atoms with Crippen LogP contribution >= 0.6 is 0 Å². The first-order valence-corrected chi connectivity index (χ1v) is 11.3. The van der Waals surface area contributed by atoms with Crippen LogP contribution in [0.2, 0.25) is 0 Å². The van der Waals surface area contributed by atoms with Gasteiger partial charge in [0.25, 0.3) is 5.91 Å². The van der Waals surface area contributed by atoms with Crippen LogP contribution in [-0.4, -0.2) is 29.3 Å². The number of rotatable bonds is 7. The summed E-state index contributed by atoms with van der Waals surface area (Å²) in [6.45, 7) is 7.63. The van der Waals surface area contributed by atoms with Gasteiger partial charge in [-0.05, 0) is 55.2 Å². The summed E-state index contributed by atoms with van der Waals surface area (Å²) in [5, 5.41) is 5.84. The van der Waals surface area contributed by atoms with Gasteiger partial charge in [0, 0.05) is 0 Å². The predicted octanol–water partition coefficient (Wildman–Crippen LogP) is 4.15. The maximum absolute atomic E-state index is 13.2. The standard InChI is InChI=1S/C26H31N3O3/c1-16(2)18-11-13-21(14-12-18)26(4)24(31)29(25(32)28-26)15-22(30)27-23(20-9-10-20)19-7-5-17(3)6-8-19/h5-8,11-14,16,20,23H,9-10,15H2,1-4H3,(H,27,30)(H,28,32). The number of aryl methyl sites for hydroxylation is 1. The van der Waals surface area contributed by atoms with E-state index < -0.39 is 17.5 Å². The third-order valence-electron chi connectivity index (χ3n) is 6.58. The van der Waals surface area contributed by atoms with E-state index >= 15 is 0 Å². The summed E-state index contributed by atoms with van der Waals surface area (Å²) in [4.78, 5) is 39.7. The van der Waals surface area contributed by atoms with Gasteiger partial charge in [0.1, 0.15) is 12.1 Å². The van der Waals surface area contributed by atoms with Crippen molar-refractivity contribution < 1.29 is 14.4 Å². The van der Waals surface area contributed by atoms with Crippen molar-refractivity contribution in [3.63, 3.8) is 0 Å². The summed E-state index contributed by atoms with van der Waals surface area (Å²) in [7, 11) is 0. The lowest BCUT2D eigenvalue weighted by atomic mass is 9.90. The Morgan fingerprint density at radius 3 is 2.22 bits per heavy atom. The molecule has 6 heteroatoms. The molecular weight excluding hydrogens is 402 g/mol. The van der Waals surface area contributed by atoms with E-state index in [1.165, 1.54) is 0 Å². The van der Waals surface area contributed by atoms with Gasteiger partial charge >= 0.3 is 6.03 Å². The normalized spacial score (nSPS) is 21.6. The van der Waals surface area contributed by atoms with Crippen LogP contribution in [0.1, 0.15) is 67.8 Å². The maximum atomic E-state index is 13.2. The van der Waals surface area contributed by atoms with Gasteiger partial charge in [0.2, 0.25) is 5.91 Å². The molecule has 6 nitrogen and oxygen atoms in total. The van der Waals surface area contributed by atoms with E-state index in [0.29, 0.717) is 17.4 Å². The Hall–Kier alpha value is -3.15. The minimum atomic E-state index is -1.18. The van der Waals surface area contributed by atoms with Crippen molar-refractivity contribution in [3.05, 3.63) is 70.8 Å². The van der Waals surface area contributed by atoms with Gasteiger partial charge in [-0.2, -0.15) is 0 Å². The molecule has 2 aromatic rings. The largest absolute Gasteiger partial charge is 0.347 e. The number of urea groups is 1. The number of carbonyl (C=O) groups is 3. The second-order valence-corrected chi connectivity index (χ2v) is 9.52. The van der Waals surface area contributed by atoms with Gasteiger partial charge in [0.05, 0.1) is 6.04 Å². The number of nitrogens with zero attached hydrogens (tertiary/aromatic N) is 1. The molecule has 168 valence electrons. The number of nitrogens with one attached hydrogen (secondary N) is 2. The SMILES string of the molecule is Cc1ccc(C(NC(=O)CN2C(=O)NC(C)(c3ccc(C(C)C)cc3)C2=O)C2CC2)cc1. The van der Waals surface area contributed by atoms with Crippen LogP contribution in [0, 0.1) is 12.8 Å². The van der Waals surface area contributed by atoms with Crippen LogP contribution in [0.4, 0.5) is 4.79 Å². The van der Waals surface area contributed by atoms with E-state index in [1.807, 2.05) is 55.5 Å². The Bertz CT molecular complexity index is 1030. The zero-order chi connectivity index (χ0) is 23.0. The Morgan fingerprint density at radius 2 is 1.66 bits per heavy atom. The van der Waals surface area contributed by atoms with Crippen LogP contribution in [-0.2, 0) is 15.1 Å². The molecule has 0 spiro atoms. The highest BCUT2D eigenvalue weighted by Gasteiger charge is 2.49. The van der Waals surface area contributed by atoms with Crippen molar-refractivity contribution in [2.75, 3.05) is 6.54 Å². The van der Waals surface area contributed by atoms with Crippen LogP contribution in [0.5, 0.6) is 0 Å². The average Bonchev–Trinajstić information content (AvgIpc) is 3.58. The predicted molar refractivity (Wildman–Crippen MR) is 123 cm³/mol. The first kappa shape index (κ1) is 22.1. The molecule has 1 saturated heterocycles. The zero-order valence-electron chi connectivity index (χ0n) is 19.1. The highest BCUT2D eigenvalue weighted by atomic mass is 16.2. The number of imide groups is 1. The van der Waals surface area contributed by atoms with Crippen molar-refractivity contribution in [1.29, 1.82) is 0 Å². The van der Waals surface area contributed by atoms with E-state index in [2.05, 4.69) is 24.5 Å². The highest BCUT2D eigenvalue weighted by molar-refractivity contribution is 6.09. The van der Waals surface area contributed by atoms with Crippen molar-refractivity contribution in [1.82, 2.24) is 15.5 Å². The van der Waals surface area contributed by atoms with Crippen LogP contribution in [0.25, 0.3) is 0 Å². The Kier molecular flexibility index (Phi) is 5.80. The molecule has 1 aliphatic carbocycles. The molecule has 32 heavy (non-hydrogen) atoms. The van der Waals surface area contributed by atoms with E-state index in [1.54, 1.807) is 6.92 Å². The molecule has 4 amide bonds. The molecule has 0 radical (unpaired) electrons. The summed E-state index contributed by atoms with van der Waals surface area (Å²) in [5.74, 6) is 0.0343. The molecule has 0 aromatic heterocycles. The summed E-state index contributed by atoms with van der Waals surface area (Å²) < 4.78 is 0. The van der Waals surface area contributed by atoms with Gasteiger partial charge < -0.3 is 10.6 Å². The third kappa shape index (κ3) is 4.27. The second-order valence-electron chi connectivity index (χ2n) is 9.52. The average molecular weight is 434 g/mol. The fourth-order valence-electron chi connectivity index (χ4n) is 4.28. The molecule has 2 fully saturated rings. The molecular formula is C26H31N3O3. The van der Waals surface area contributed by atoms with Gasteiger partial charge in [-0.1, -0.05) is 67.9 Å². The first-order valence-electron chi connectivity index (χ1n) is 11.3. The van der Waals surface area contributed by atoms with Crippen molar-refractivity contribution in [2.24, 2.45) is 5.92 Å². The maximum Gasteiger partial charge on any atom is 0.325 e. The molecule has 2 aliphatic rings. The highest BCUT2D eigenvalue weighted by Crippen LogP contribution is 2.41. The summed E-state index contributed by atoms with van der Waals surface area (Å²) >= 11 is 0. The van der Waals surface area contributed by atoms with Gasteiger partial charge in [-0.15, -0.1) is 0 Å². The quantitative estimate of drug-likeness (QED) is 0.644. The minimum absolute atomic E-state index is 0.0983. The van der Waals surface area contributed by atoms with Gasteiger partial charge in [-0.25, -0.2) is 4.79 Å². The Morgan fingerprint density at radius 1 is 1.06 bits per heavy atom. The molecule has 4 rings (SSSR count). The smallest absolute Gasteiger partial charge is 0.325 e.